The Bertz CT molecular complexity index is 1830. The molecule has 4 aromatic carbocycles. The van der Waals surface area contributed by atoms with Crippen LogP contribution in [-0.4, -0.2) is 37.2 Å². The Morgan fingerprint density at radius 1 is 0.756 bits per heavy atom. The maximum Gasteiger partial charge on any atom is 0.267 e. The van der Waals surface area contributed by atoms with Gasteiger partial charge in [-0.15, -0.1) is 10.2 Å². The van der Waals surface area contributed by atoms with Gasteiger partial charge in [0.2, 0.25) is 5.78 Å². The zero-order chi connectivity index (χ0) is 27.8. The molecular formula is C35H33N5O. The molecule has 0 N–H and O–H groups in total. The molecule has 0 aliphatic carbocycles. The zero-order valence-electron chi connectivity index (χ0n) is 23.2. The lowest BCUT2D eigenvalue weighted by atomic mass is 9.76. The van der Waals surface area contributed by atoms with Crippen molar-refractivity contribution in [3.63, 3.8) is 0 Å². The van der Waals surface area contributed by atoms with Gasteiger partial charge in [-0.3, -0.25) is 14.1 Å². The summed E-state index contributed by atoms with van der Waals surface area (Å²) in [6, 6.07) is 37.8. The average molecular weight is 540 g/mol. The van der Waals surface area contributed by atoms with E-state index in [1.54, 1.807) is 4.57 Å². The number of hydrogen-bond acceptors (Lipinski definition) is 4. The standard InChI is InChI=1S/C35H33N5O/c1-25-36-37-35-39(25)32-19-11-9-17-30(32)34(41)40(35)31-18-10-8-16-29(31)24-38-22-20-28(21-23-38)33(26-12-4-2-5-13-26)27-14-6-3-7-15-27/h2-19,28,33H,20-24H2,1H3. The van der Waals surface area contributed by atoms with Crippen molar-refractivity contribution < 1.29 is 0 Å². The SMILES string of the molecule is Cc1nnc2n(-c3ccccc3CN3CCC(C(c4ccccc4)c4ccccc4)CC3)c(=O)c3ccccc3n12. The molecule has 6 nitrogen and oxygen atoms in total. The normalized spacial score (nSPS) is 14.8. The Balaban J connectivity index is 1.19. The van der Waals surface area contributed by atoms with Gasteiger partial charge in [0, 0.05) is 12.5 Å². The lowest BCUT2D eigenvalue weighted by Gasteiger charge is -2.37. The first-order chi connectivity index (χ1) is 20.2. The van der Waals surface area contributed by atoms with Crippen LogP contribution in [0.4, 0.5) is 0 Å². The predicted molar refractivity (Wildman–Crippen MR) is 164 cm³/mol. The highest BCUT2D eigenvalue weighted by Gasteiger charge is 2.29. The van der Waals surface area contributed by atoms with Gasteiger partial charge in [0.25, 0.3) is 5.56 Å². The van der Waals surface area contributed by atoms with Gasteiger partial charge in [0.1, 0.15) is 5.82 Å². The van der Waals surface area contributed by atoms with Crippen LogP contribution in [0, 0.1) is 12.8 Å². The molecule has 204 valence electrons. The molecule has 0 spiro atoms. The Kier molecular flexibility index (Phi) is 6.69. The fourth-order valence-corrected chi connectivity index (χ4v) is 6.66. The first-order valence-corrected chi connectivity index (χ1v) is 14.4. The van der Waals surface area contributed by atoms with Gasteiger partial charge >= 0.3 is 0 Å². The van der Waals surface area contributed by atoms with E-state index in [4.69, 9.17) is 0 Å². The summed E-state index contributed by atoms with van der Waals surface area (Å²) in [5, 5.41) is 9.44. The Morgan fingerprint density at radius 3 is 2.07 bits per heavy atom. The van der Waals surface area contributed by atoms with E-state index in [9.17, 15) is 4.79 Å². The van der Waals surface area contributed by atoms with E-state index in [-0.39, 0.29) is 5.56 Å². The van der Waals surface area contributed by atoms with Crippen LogP contribution in [0.3, 0.4) is 0 Å². The first-order valence-electron chi connectivity index (χ1n) is 14.4. The molecule has 0 saturated carbocycles. The smallest absolute Gasteiger partial charge is 0.267 e. The van der Waals surface area contributed by atoms with Crippen LogP contribution in [0.15, 0.2) is 114 Å². The van der Waals surface area contributed by atoms with Gasteiger partial charge in [-0.2, -0.15) is 0 Å². The first kappa shape index (κ1) is 25.4. The van der Waals surface area contributed by atoms with Gasteiger partial charge in [0.15, 0.2) is 0 Å². The molecule has 1 saturated heterocycles. The summed E-state index contributed by atoms with van der Waals surface area (Å²) in [4.78, 5) is 16.4. The van der Waals surface area contributed by atoms with E-state index in [2.05, 4.69) is 87.9 Å². The molecule has 1 fully saturated rings. The molecule has 41 heavy (non-hydrogen) atoms. The zero-order valence-corrected chi connectivity index (χ0v) is 23.2. The minimum absolute atomic E-state index is 0.0692. The molecule has 2 aromatic heterocycles. The highest BCUT2D eigenvalue weighted by atomic mass is 16.1. The molecule has 0 unspecified atom stereocenters. The van der Waals surface area contributed by atoms with Crippen molar-refractivity contribution in [3.05, 3.63) is 142 Å². The lowest BCUT2D eigenvalue weighted by molar-refractivity contribution is 0.168. The molecule has 0 bridgehead atoms. The topological polar surface area (TPSA) is 55.4 Å². The monoisotopic (exact) mass is 539 g/mol. The van der Waals surface area contributed by atoms with Crippen molar-refractivity contribution in [2.75, 3.05) is 13.1 Å². The van der Waals surface area contributed by atoms with Crippen molar-refractivity contribution >= 4 is 16.7 Å². The van der Waals surface area contributed by atoms with Crippen LogP contribution in [0.2, 0.25) is 0 Å². The predicted octanol–water partition coefficient (Wildman–Crippen LogP) is 6.39. The van der Waals surface area contributed by atoms with Gasteiger partial charge < -0.3 is 0 Å². The summed E-state index contributed by atoms with van der Waals surface area (Å²) in [6.07, 6.45) is 2.25. The number of aryl methyl sites for hydroxylation is 1. The van der Waals surface area contributed by atoms with Crippen LogP contribution in [-0.2, 0) is 6.54 Å². The minimum atomic E-state index is -0.0692. The van der Waals surface area contributed by atoms with Crippen LogP contribution < -0.4 is 5.56 Å². The quantitative estimate of drug-likeness (QED) is 0.246. The number of hydrogen-bond donors (Lipinski definition) is 0. The maximum absolute atomic E-state index is 13.9. The van der Waals surface area contributed by atoms with E-state index in [1.807, 2.05) is 47.7 Å². The fourth-order valence-electron chi connectivity index (χ4n) is 6.66. The van der Waals surface area contributed by atoms with Gasteiger partial charge in [0.05, 0.1) is 16.6 Å². The number of fused-ring (bicyclic) bond motifs is 3. The van der Waals surface area contributed by atoms with Crippen molar-refractivity contribution in [3.8, 4) is 5.69 Å². The lowest BCUT2D eigenvalue weighted by Crippen LogP contribution is -2.36. The van der Waals surface area contributed by atoms with E-state index in [0.717, 1.165) is 55.1 Å². The van der Waals surface area contributed by atoms with Crippen LogP contribution in [0.1, 0.15) is 41.3 Å². The van der Waals surface area contributed by atoms with Gasteiger partial charge in [-0.1, -0.05) is 91.0 Å². The summed E-state index contributed by atoms with van der Waals surface area (Å²) in [6.45, 7) is 4.74. The Hall–Kier alpha value is -4.55. The summed E-state index contributed by atoms with van der Waals surface area (Å²) in [5.74, 6) is 2.28. The third-order valence-electron chi connectivity index (χ3n) is 8.63. The molecular weight excluding hydrogens is 506 g/mol. The molecule has 0 radical (unpaired) electrons. The van der Waals surface area contributed by atoms with Gasteiger partial charge in [-0.05, 0) is 73.7 Å². The second-order valence-corrected chi connectivity index (χ2v) is 11.1. The van der Waals surface area contributed by atoms with Crippen molar-refractivity contribution in [1.29, 1.82) is 0 Å². The number of aromatic nitrogens is 4. The summed E-state index contributed by atoms with van der Waals surface area (Å²) >= 11 is 0. The molecule has 6 aromatic rings. The molecule has 1 aliphatic heterocycles. The second kappa shape index (κ2) is 10.8. The van der Waals surface area contributed by atoms with Crippen molar-refractivity contribution in [2.45, 2.75) is 32.2 Å². The highest BCUT2D eigenvalue weighted by Crippen LogP contribution is 2.38. The Morgan fingerprint density at radius 2 is 1.37 bits per heavy atom. The molecule has 3 heterocycles. The number of likely N-dealkylation sites (tertiary alicyclic amines) is 1. The number of para-hydroxylation sites is 2. The number of piperidine rings is 1. The third-order valence-corrected chi connectivity index (χ3v) is 8.63. The molecule has 6 heteroatoms. The molecule has 0 atom stereocenters. The van der Waals surface area contributed by atoms with E-state index >= 15 is 0 Å². The van der Waals surface area contributed by atoms with Crippen molar-refractivity contribution in [2.24, 2.45) is 5.92 Å². The van der Waals surface area contributed by atoms with Crippen LogP contribution >= 0.6 is 0 Å². The second-order valence-electron chi connectivity index (χ2n) is 11.1. The third kappa shape index (κ3) is 4.64. The summed E-state index contributed by atoms with van der Waals surface area (Å²) in [5.41, 5.74) is 5.54. The maximum atomic E-state index is 13.9. The molecule has 1 aliphatic rings. The number of nitrogens with zero attached hydrogens (tertiary/aromatic N) is 5. The van der Waals surface area contributed by atoms with E-state index in [1.165, 1.54) is 11.1 Å². The van der Waals surface area contributed by atoms with Crippen LogP contribution in [0.25, 0.3) is 22.4 Å². The largest absolute Gasteiger partial charge is 0.299 e. The minimum Gasteiger partial charge on any atom is -0.299 e. The average Bonchev–Trinajstić information content (AvgIpc) is 3.41. The Labute approximate surface area is 239 Å². The number of rotatable bonds is 6. The molecule has 0 amide bonds. The highest BCUT2D eigenvalue weighted by molar-refractivity contribution is 5.81. The summed E-state index contributed by atoms with van der Waals surface area (Å²) < 4.78 is 3.72. The molecule has 7 rings (SSSR count). The van der Waals surface area contributed by atoms with Crippen LogP contribution in [0.5, 0.6) is 0 Å². The van der Waals surface area contributed by atoms with E-state index < -0.39 is 0 Å². The van der Waals surface area contributed by atoms with Crippen molar-refractivity contribution in [1.82, 2.24) is 24.1 Å². The van der Waals surface area contributed by atoms with E-state index in [0.29, 0.717) is 23.0 Å². The van der Waals surface area contributed by atoms with Gasteiger partial charge in [-0.25, -0.2) is 4.57 Å². The summed E-state index contributed by atoms with van der Waals surface area (Å²) in [7, 11) is 0. The number of benzene rings is 4. The fraction of sp³-hybridized carbons (Fsp3) is 0.229.